The molecule has 5 nitrogen and oxygen atoms in total. The number of rotatable bonds is 7. The average molecular weight is 391 g/mol. The van der Waals surface area contributed by atoms with E-state index in [1.165, 1.54) is 56.5 Å². The first kappa shape index (κ1) is 20.3. The fourth-order valence-corrected chi connectivity index (χ4v) is 5.14. The predicted molar refractivity (Wildman–Crippen MR) is 116 cm³/mol. The van der Waals surface area contributed by atoms with E-state index in [1.54, 1.807) is 7.11 Å². The molecule has 0 spiro atoms. The zero-order chi connectivity index (χ0) is 18.9. The van der Waals surface area contributed by atoms with Gasteiger partial charge in [0.05, 0.1) is 13.2 Å². The highest BCUT2D eigenvalue weighted by Gasteiger charge is 2.23. The molecule has 150 valence electrons. The Hall–Kier alpha value is -1.40. The van der Waals surface area contributed by atoms with Crippen LogP contribution in [0.5, 0.6) is 5.75 Å². The van der Waals surface area contributed by atoms with Crippen LogP contribution in [0, 0.1) is 0 Å². The third-order valence-electron chi connectivity index (χ3n) is 5.54. The van der Waals surface area contributed by atoms with Crippen molar-refractivity contribution in [2.75, 3.05) is 46.1 Å². The Bertz CT molecular complexity index is 580. The lowest BCUT2D eigenvalue weighted by atomic mass is 10.0. The largest absolute Gasteiger partial charge is 0.497 e. The Morgan fingerprint density at radius 3 is 2.59 bits per heavy atom. The Kier molecular flexibility index (Phi) is 8.14. The zero-order valence-corrected chi connectivity index (χ0v) is 17.6. The number of hydrogen-bond donors (Lipinski definition) is 2. The van der Waals surface area contributed by atoms with Crippen molar-refractivity contribution in [2.45, 2.75) is 43.4 Å². The summed E-state index contributed by atoms with van der Waals surface area (Å²) in [6.45, 7) is 4.21. The molecule has 0 bridgehead atoms. The van der Waals surface area contributed by atoms with Gasteiger partial charge in [-0.25, -0.2) is 0 Å². The molecule has 0 aromatic heterocycles. The fraction of sp³-hybridized carbons (Fsp3) is 0.667. The number of methoxy groups -OCH3 is 1. The van der Waals surface area contributed by atoms with E-state index < -0.39 is 0 Å². The van der Waals surface area contributed by atoms with Gasteiger partial charge >= 0.3 is 0 Å². The molecule has 1 aromatic carbocycles. The van der Waals surface area contributed by atoms with E-state index in [0.29, 0.717) is 6.04 Å². The van der Waals surface area contributed by atoms with Crippen LogP contribution < -0.4 is 15.4 Å². The summed E-state index contributed by atoms with van der Waals surface area (Å²) in [7, 11) is 3.58. The molecule has 2 aliphatic rings. The highest BCUT2D eigenvalue weighted by Crippen LogP contribution is 2.26. The molecule has 0 aliphatic carbocycles. The molecular formula is C21H34N4OS. The summed E-state index contributed by atoms with van der Waals surface area (Å²) in [4.78, 5) is 7.04. The van der Waals surface area contributed by atoms with Crippen LogP contribution in [0.15, 0.2) is 29.3 Å². The van der Waals surface area contributed by atoms with Crippen molar-refractivity contribution < 1.29 is 4.74 Å². The van der Waals surface area contributed by atoms with E-state index in [9.17, 15) is 0 Å². The maximum absolute atomic E-state index is 5.33. The van der Waals surface area contributed by atoms with Crippen LogP contribution >= 0.6 is 11.8 Å². The number of guanidine groups is 1. The van der Waals surface area contributed by atoms with Gasteiger partial charge in [0.2, 0.25) is 0 Å². The first-order valence-electron chi connectivity index (χ1n) is 10.2. The molecule has 3 rings (SSSR count). The zero-order valence-electron chi connectivity index (χ0n) is 16.7. The minimum atomic E-state index is 0.357. The third kappa shape index (κ3) is 6.04. The fourth-order valence-electron chi connectivity index (χ4n) is 3.94. The smallest absolute Gasteiger partial charge is 0.191 e. The molecule has 0 saturated carbocycles. The topological polar surface area (TPSA) is 48.9 Å². The Morgan fingerprint density at radius 1 is 1.19 bits per heavy atom. The second-order valence-corrected chi connectivity index (χ2v) is 8.76. The summed E-state index contributed by atoms with van der Waals surface area (Å²) in [5.41, 5.74) is 1.34. The first-order valence-corrected chi connectivity index (χ1v) is 11.3. The molecule has 1 aromatic rings. The quantitative estimate of drug-likeness (QED) is 0.553. The normalized spacial score (nSPS) is 22.4. The van der Waals surface area contributed by atoms with Gasteiger partial charge in [0.15, 0.2) is 5.96 Å². The van der Waals surface area contributed by atoms with Crippen LogP contribution in [0.1, 0.15) is 43.7 Å². The Balaban J connectivity index is 1.60. The molecule has 0 amide bonds. The van der Waals surface area contributed by atoms with E-state index in [2.05, 4.69) is 56.6 Å². The lowest BCUT2D eigenvalue weighted by Crippen LogP contribution is -2.45. The van der Waals surface area contributed by atoms with Crippen molar-refractivity contribution in [3.8, 4) is 5.75 Å². The second kappa shape index (κ2) is 10.8. The lowest BCUT2D eigenvalue weighted by Gasteiger charge is -2.35. The molecule has 27 heavy (non-hydrogen) atoms. The number of piperidine rings is 1. The van der Waals surface area contributed by atoms with Crippen molar-refractivity contribution in [2.24, 2.45) is 4.99 Å². The van der Waals surface area contributed by atoms with Gasteiger partial charge in [0.25, 0.3) is 0 Å². The van der Waals surface area contributed by atoms with E-state index in [4.69, 9.17) is 4.74 Å². The summed E-state index contributed by atoms with van der Waals surface area (Å²) in [5, 5.41) is 7.82. The van der Waals surface area contributed by atoms with Crippen molar-refractivity contribution in [3.05, 3.63) is 29.8 Å². The third-order valence-corrected chi connectivity index (χ3v) is 6.94. The minimum absolute atomic E-state index is 0.357. The van der Waals surface area contributed by atoms with Gasteiger partial charge in [0, 0.05) is 25.4 Å². The second-order valence-electron chi connectivity index (χ2n) is 7.35. The molecule has 2 N–H and O–H groups in total. The van der Waals surface area contributed by atoms with Crippen LogP contribution in [0.3, 0.4) is 0 Å². The summed E-state index contributed by atoms with van der Waals surface area (Å²) < 4.78 is 5.33. The number of ether oxygens (including phenoxy) is 1. The molecule has 2 saturated heterocycles. The van der Waals surface area contributed by atoms with Crippen LogP contribution in [-0.4, -0.2) is 62.2 Å². The molecular weight excluding hydrogens is 356 g/mol. The molecule has 6 heteroatoms. The van der Waals surface area contributed by atoms with Gasteiger partial charge in [0.1, 0.15) is 5.75 Å². The SMILES string of the molecule is CN=C(NCC1CCCS1)NCC(c1ccc(OC)cc1)N1CCCCC1. The van der Waals surface area contributed by atoms with Crippen LogP contribution in [0.25, 0.3) is 0 Å². The molecule has 2 fully saturated rings. The maximum Gasteiger partial charge on any atom is 0.191 e. The van der Waals surface area contributed by atoms with Crippen molar-refractivity contribution in [1.82, 2.24) is 15.5 Å². The van der Waals surface area contributed by atoms with Crippen molar-refractivity contribution in [1.29, 1.82) is 0 Å². The maximum atomic E-state index is 5.33. The molecule has 2 atom stereocenters. The summed E-state index contributed by atoms with van der Waals surface area (Å²) in [6.07, 6.45) is 6.59. The van der Waals surface area contributed by atoms with E-state index in [1.807, 2.05) is 7.05 Å². The van der Waals surface area contributed by atoms with Gasteiger partial charge in [-0.2, -0.15) is 11.8 Å². The van der Waals surface area contributed by atoms with Crippen LogP contribution in [0.4, 0.5) is 0 Å². The molecule has 0 radical (unpaired) electrons. The summed E-state index contributed by atoms with van der Waals surface area (Å²) >= 11 is 2.08. The highest BCUT2D eigenvalue weighted by atomic mass is 32.2. The van der Waals surface area contributed by atoms with Gasteiger partial charge < -0.3 is 15.4 Å². The van der Waals surface area contributed by atoms with Gasteiger partial charge in [-0.15, -0.1) is 0 Å². The Labute approximate surface area is 168 Å². The first-order chi connectivity index (χ1) is 13.3. The number of thioether (sulfide) groups is 1. The van der Waals surface area contributed by atoms with E-state index in [0.717, 1.165) is 30.0 Å². The van der Waals surface area contributed by atoms with Crippen molar-refractivity contribution in [3.63, 3.8) is 0 Å². The van der Waals surface area contributed by atoms with E-state index in [-0.39, 0.29) is 0 Å². The Morgan fingerprint density at radius 2 is 1.96 bits per heavy atom. The van der Waals surface area contributed by atoms with Crippen LogP contribution in [0.2, 0.25) is 0 Å². The average Bonchev–Trinajstić information content (AvgIpc) is 3.25. The number of benzene rings is 1. The van der Waals surface area contributed by atoms with Crippen LogP contribution in [-0.2, 0) is 0 Å². The molecule has 2 aliphatic heterocycles. The van der Waals surface area contributed by atoms with E-state index >= 15 is 0 Å². The molecule has 2 heterocycles. The molecule has 2 unspecified atom stereocenters. The standard InChI is InChI=1S/C21H34N4OS/c1-22-21(23-15-19-7-6-14-27-19)24-16-20(25-12-4-3-5-13-25)17-8-10-18(26-2)11-9-17/h8-11,19-20H,3-7,12-16H2,1-2H3,(H2,22,23,24). The number of likely N-dealkylation sites (tertiary alicyclic amines) is 1. The number of nitrogens with one attached hydrogen (secondary N) is 2. The summed E-state index contributed by atoms with van der Waals surface area (Å²) in [5.74, 6) is 3.13. The van der Waals surface area contributed by atoms with Crippen molar-refractivity contribution >= 4 is 17.7 Å². The van der Waals surface area contributed by atoms with Gasteiger partial charge in [-0.05, 0) is 62.2 Å². The number of nitrogens with zero attached hydrogens (tertiary/aromatic N) is 2. The number of hydrogen-bond acceptors (Lipinski definition) is 4. The number of aliphatic imine (C=N–C) groups is 1. The minimum Gasteiger partial charge on any atom is -0.497 e. The lowest BCUT2D eigenvalue weighted by molar-refractivity contribution is 0.164. The highest BCUT2D eigenvalue weighted by molar-refractivity contribution is 8.00. The van der Waals surface area contributed by atoms with Gasteiger partial charge in [-0.3, -0.25) is 9.89 Å². The predicted octanol–water partition coefficient (Wildman–Crippen LogP) is 3.28. The van der Waals surface area contributed by atoms with Gasteiger partial charge in [-0.1, -0.05) is 18.6 Å². The summed E-state index contributed by atoms with van der Waals surface area (Å²) in [6, 6.07) is 8.89. The monoisotopic (exact) mass is 390 g/mol.